The fourth-order valence-electron chi connectivity index (χ4n) is 2.78. The molecule has 0 N–H and O–H groups in total. The molecule has 1 fully saturated rings. The molecule has 0 saturated carbocycles. The standard InChI is InChI=1S/C18H14BrCl2N3O/c19-14-2-5-16(6-3-14)24-10-12(8-22)9-23(18(24)25)11-13-1-4-15(20)7-17(13)21/h1-7,12H,9-11H2. The molecule has 1 heterocycles. The molecule has 4 nitrogen and oxygen atoms in total. The molecular weight excluding hydrogens is 425 g/mol. The minimum absolute atomic E-state index is 0.139. The van der Waals surface area contributed by atoms with Crippen molar-refractivity contribution >= 4 is 50.9 Å². The second-order valence-corrected chi connectivity index (χ2v) is 7.57. The molecule has 2 amide bonds. The molecule has 25 heavy (non-hydrogen) atoms. The number of halogens is 3. The Morgan fingerprint density at radius 3 is 2.52 bits per heavy atom. The molecule has 2 aromatic rings. The van der Waals surface area contributed by atoms with E-state index in [0.29, 0.717) is 29.7 Å². The Morgan fingerprint density at radius 1 is 1.16 bits per heavy atom. The zero-order valence-electron chi connectivity index (χ0n) is 13.1. The summed E-state index contributed by atoms with van der Waals surface area (Å²) in [5.74, 6) is -0.271. The lowest BCUT2D eigenvalue weighted by Crippen LogP contribution is -2.53. The number of anilines is 1. The highest BCUT2D eigenvalue weighted by Crippen LogP contribution is 2.27. The lowest BCUT2D eigenvalue weighted by atomic mass is 10.1. The number of hydrogen-bond acceptors (Lipinski definition) is 2. The topological polar surface area (TPSA) is 47.3 Å². The van der Waals surface area contributed by atoms with Gasteiger partial charge in [-0.3, -0.25) is 4.90 Å². The zero-order valence-corrected chi connectivity index (χ0v) is 16.2. The molecule has 128 valence electrons. The van der Waals surface area contributed by atoms with E-state index >= 15 is 0 Å². The van der Waals surface area contributed by atoms with Crippen molar-refractivity contribution in [3.63, 3.8) is 0 Å². The summed E-state index contributed by atoms with van der Waals surface area (Å²) in [5, 5.41) is 10.5. The average molecular weight is 439 g/mol. The van der Waals surface area contributed by atoms with Crippen molar-refractivity contribution in [2.24, 2.45) is 5.92 Å². The lowest BCUT2D eigenvalue weighted by molar-refractivity contribution is 0.184. The molecule has 7 heteroatoms. The quantitative estimate of drug-likeness (QED) is 0.649. The van der Waals surface area contributed by atoms with Crippen LogP contribution in [0.4, 0.5) is 10.5 Å². The molecule has 2 aromatic carbocycles. The van der Waals surface area contributed by atoms with E-state index in [9.17, 15) is 10.1 Å². The van der Waals surface area contributed by atoms with Crippen LogP contribution in [0.2, 0.25) is 10.0 Å². The third kappa shape index (κ3) is 4.09. The van der Waals surface area contributed by atoms with Crippen LogP contribution in [-0.2, 0) is 6.54 Å². The Kier molecular flexibility index (Phi) is 5.53. The Balaban J connectivity index is 1.87. The van der Waals surface area contributed by atoms with Crippen LogP contribution < -0.4 is 4.90 Å². The molecular formula is C18H14BrCl2N3O. The molecule has 1 unspecified atom stereocenters. The highest BCUT2D eigenvalue weighted by Gasteiger charge is 2.33. The highest BCUT2D eigenvalue weighted by molar-refractivity contribution is 9.10. The van der Waals surface area contributed by atoms with Gasteiger partial charge in [0, 0.05) is 39.8 Å². The largest absolute Gasteiger partial charge is 0.324 e. The summed E-state index contributed by atoms with van der Waals surface area (Å²) in [6.45, 7) is 1.09. The summed E-state index contributed by atoms with van der Waals surface area (Å²) < 4.78 is 0.933. The van der Waals surface area contributed by atoms with Gasteiger partial charge in [0.15, 0.2) is 0 Å². The predicted molar refractivity (Wildman–Crippen MR) is 103 cm³/mol. The van der Waals surface area contributed by atoms with Crippen LogP contribution >= 0.6 is 39.1 Å². The Bertz CT molecular complexity index is 835. The maximum Gasteiger partial charge on any atom is 0.324 e. The van der Waals surface area contributed by atoms with Gasteiger partial charge in [-0.15, -0.1) is 0 Å². The molecule has 1 saturated heterocycles. The first-order valence-electron chi connectivity index (χ1n) is 7.63. The van der Waals surface area contributed by atoms with Crippen molar-refractivity contribution in [2.45, 2.75) is 6.54 Å². The summed E-state index contributed by atoms with van der Waals surface area (Å²) >= 11 is 15.5. The summed E-state index contributed by atoms with van der Waals surface area (Å²) in [6, 6.07) is 14.8. The fourth-order valence-corrected chi connectivity index (χ4v) is 3.51. The van der Waals surface area contributed by atoms with Crippen molar-refractivity contribution in [1.29, 1.82) is 5.26 Å². The van der Waals surface area contributed by atoms with Gasteiger partial charge in [-0.25, -0.2) is 4.79 Å². The maximum absolute atomic E-state index is 12.9. The van der Waals surface area contributed by atoms with Gasteiger partial charge in [0.2, 0.25) is 0 Å². The number of hydrogen-bond donors (Lipinski definition) is 0. The van der Waals surface area contributed by atoms with Gasteiger partial charge in [-0.05, 0) is 42.0 Å². The van der Waals surface area contributed by atoms with E-state index in [1.54, 1.807) is 28.0 Å². The van der Waals surface area contributed by atoms with Crippen LogP contribution in [0.3, 0.4) is 0 Å². The predicted octanol–water partition coefficient (Wildman–Crippen LogP) is 5.34. The first-order valence-corrected chi connectivity index (χ1v) is 9.18. The Hall–Kier alpha value is -1.74. The minimum atomic E-state index is -0.271. The lowest BCUT2D eigenvalue weighted by Gasteiger charge is -2.38. The van der Waals surface area contributed by atoms with E-state index in [1.807, 2.05) is 24.3 Å². The van der Waals surface area contributed by atoms with Gasteiger partial charge in [0.1, 0.15) is 0 Å². The summed E-state index contributed by atoms with van der Waals surface area (Å²) in [7, 11) is 0. The normalized spacial score (nSPS) is 17.5. The number of benzene rings is 2. The summed E-state index contributed by atoms with van der Waals surface area (Å²) in [4.78, 5) is 16.2. The van der Waals surface area contributed by atoms with Crippen molar-refractivity contribution in [3.8, 4) is 6.07 Å². The second kappa shape index (κ2) is 7.65. The molecule has 1 aliphatic rings. The first kappa shape index (κ1) is 18.1. The number of urea groups is 1. The number of nitrogens with zero attached hydrogens (tertiary/aromatic N) is 3. The van der Waals surface area contributed by atoms with Gasteiger partial charge >= 0.3 is 6.03 Å². The maximum atomic E-state index is 12.9. The van der Waals surface area contributed by atoms with E-state index in [-0.39, 0.29) is 11.9 Å². The van der Waals surface area contributed by atoms with E-state index in [4.69, 9.17) is 23.2 Å². The molecule has 0 aromatic heterocycles. The average Bonchev–Trinajstić information content (AvgIpc) is 2.60. The number of amides is 2. The highest BCUT2D eigenvalue weighted by atomic mass is 79.9. The number of rotatable bonds is 3. The van der Waals surface area contributed by atoms with Crippen LogP contribution in [0.25, 0.3) is 0 Å². The first-order chi connectivity index (χ1) is 12.0. The Morgan fingerprint density at radius 2 is 1.88 bits per heavy atom. The van der Waals surface area contributed by atoms with Gasteiger partial charge in [-0.1, -0.05) is 45.2 Å². The van der Waals surface area contributed by atoms with Gasteiger partial charge < -0.3 is 4.90 Å². The summed E-state index contributed by atoms with van der Waals surface area (Å²) in [5.41, 5.74) is 1.56. The summed E-state index contributed by atoms with van der Waals surface area (Å²) in [6.07, 6.45) is 0. The van der Waals surface area contributed by atoms with Crippen molar-refractivity contribution in [3.05, 3.63) is 62.5 Å². The fraction of sp³-hybridized carbons (Fsp3) is 0.222. The van der Waals surface area contributed by atoms with E-state index in [1.165, 1.54) is 0 Å². The Labute approximate surface area is 164 Å². The van der Waals surface area contributed by atoms with Crippen molar-refractivity contribution < 1.29 is 4.79 Å². The third-order valence-corrected chi connectivity index (χ3v) is 5.16. The van der Waals surface area contributed by atoms with Crippen LogP contribution in [0.5, 0.6) is 0 Å². The van der Waals surface area contributed by atoms with Crippen molar-refractivity contribution in [1.82, 2.24) is 4.90 Å². The molecule has 3 rings (SSSR count). The van der Waals surface area contributed by atoms with E-state index < -0.39 is 0 Å². The van der Waals surface area contributed by atoms with Crippen LogP contribution in [0.15, 0.2) is 46.9 Å². The van der Waals surface area contributed by atoms with E-state index in [0.717, 1.165) is 15.7 Å². The molecule has 0 spiro atoms. The molecule has 1 atom stereocenters. The molecule has 1 aliphatic heterocycles. The van der Waals surface area contributed by atoms with Gasteiger partial charge in [-0.2, -0.15) is 5.26 Å². The SMILES string of the molecule is N#CC1CN(Cc2ccc(Cl)cc2Cl)C(=O)N(c2ccc(Br)cc2)C1. The minimum Gasteiger partial charge on any atom is -0.319 e. The molecule has 0 radical (unpaired) electrons. The van der Waals surface area contributed by atoms with Crippen LogP contribution in [0, 0.1) is 17.2 Å². The number of carbonyl (C=O) groups excluding carboxylic acids is 1. The van der Waals surface area contributed by atoms with Gasteiger partial charge in [0.25, 0.3) is 0 Å². The zero-order chi connectivity index (χ0) is 18.0. The molecule has 0 aliphatic carbocycles. The van der Waals surface area contributed by atoms with Crippen LogP contribution in [0.1, 0.15) is 5.56 Å². The number of nitriles is 1. The van der Waals surface area contributed by atoms with Crippen LogP contribution in [-0.4, -0.2) is 24.0 Å². The van der Waals surface area contributed by atoms with Crippen molar-refractivity contribution in [2.75, 3.05) is 18.0 Å². The van der Waals surface area contributed by atoms with Gasteiger partial charge in [0.05, 0.1) is 12.0 Å². The number of carbonyl (C=O) groups is 1. The van der Waals surface area contributed by atoms with E-state index in [2.05, 4.69) is 22.0 Å². The monoisotopic (exact) mass is 437 g/mol. The third-order valence-electron chi connectivity index (χ3n) is 4.04. The smallest absolute Gasteiger partial charge is 0.319 e. The second-order valence-electron chi connectivity index (χ2n) is 5.81. The molecule has 0 bridgehead atoms.